The zero-order valence-electron chi connectivity index (χ0n) is 17.5. The number of ether oxygens (including phenoxy) is 2. The fourth-order valence-corrected chi connectivity index (χ4v) is 2.98. The van der Waals surface area contributed by atoms with E-state index in [0.29, 0.717) is 41.6 Å². The molecule has 2 aromatic carbocycles. The molecule has 0 bridgehead atoms. The van der Waals surface area contributed by atoms with E-state index in [2.05, 4.69) is 15.6 Å². The van der Waals surface area contributed by atoms with Crippen molar-refractivity contribution in [1.29, 1.82) is 0 Å². The minimum atomic E-state index is -0.661. The van der Waals surface area contributed by atoms with Crippen LogP contribution >= 0.6 is 0 Å². The van der Waals surface area contributed by atoms with Crippen LogP contribution in [0.15, 0.2) is 54.7 Å². The smallest absolute Gasteiger partial charge is 0.221 e. The molecule has 0 fully saturated rings. The first kappa shape index (κ1) is 23.0. The maximum Gasteiger partial charge on any atom is 0.221 e. The first-order chi connectivity index (χ1) is 15.4. The zero-order valence-corrected chi connectivity index (χ0v) is 17.5. The van der Waals surface area contributed by atoms with Gasteiger partial charge in [-0.3, -0.25) is 4.79 Å². The number of methoxy groups -OCH3 is 1. The van der Waals surface area contributed by atoms with Crippen molar-refractivity contribution in [2.24, 2.45) is 5.73 Å². The average Bonchev–Trinajstić information content (AvgIpc) is 2.74. The van der Waals surface area contributed by atoms with Gasteiger partial charge in [-0.05, 0) is 42.0 Å². The van der Waals surface area contributed by atoms with Crippen molar-refractivity contribution in [3.8, 4) is 5.75 Å². The van der Waals surface area contributed by atoms with Gasteiger partial charge in [-0.2, -0.15) is 0 Å². The van der Waals surface area contributed by atoms with Crippen molar-refractivity contribution in [2.75, 3.05) is 31.0 Å². The summed E-state index contributed by atoms with van der Waals surface area (Å²) >= 11 is 0. The van der Waals surface area contributed by atoms with Gasteiger partial charge in [-0.15, -0.1) is 0 Å². The van der Waals surface area contributed by atoms with Gasteiger partial charge in [0, 0.05) is 48.9 Å². The van der Waals surface area contributed by atoms with Gasteiger partial charge in [-0.1, -0.05) is 0 Å². The Morgan fingerprint density at radius 3 is 2.44 bits per heavy atom. The number of nitrogens with one attached hydrogen (secondary N) is 2. The standard InChI is InChI=1S/C23H24F2N4O3/c1-31-6-7-32-20-4-2-19(3-5-20)29-23-12-21(16(14-28-23)10-22(26)30)27-13-15-8-17(24)11-18(25)9-15/h2-5,8-9,11-12,14H,6-7,10,13H2,1H3,(H2,26,30)(H2,27,28,29). The van der Waals surface area contributed by atoms with Crippen LogP contribution in [-0.2, 0) is 22.5 Å². The van der Waals surface area contributed by atoms with Crippen molar-refractivity contribution in [3.63, 3.8) is 0 Å². The molecule has 0 unspecified atom stereocenters. The molecule has 1 amide bonds. The Morgan fingerprint density at radius 2 is 1.78 bits per heavy atom. The molecule has 0 aliphatic rings. The molecule has 0 aliphatic heterocycles. The van der Waals surface area contributed by atoms with E-state index in [1.807, 2.05) is 24.3 Å². The van der Waals surface area contributed by atoms with Crippen molar-refractivity contribution in [3.05, 3.63) is 77.5 Å². The number of carbonyl (C=O) groups excluding carboxylic acids is 1. The lowest BCUT2D eigenvalue weighted by Crippen LogP contribution is -2.15. The molecular formula is C23H24F2N4O3. The lowest BCUT2D eigenvalue weighted by molar-refractivity contribution is -0.117. The van der Waals surface area contributed by atoms with Crippen LogP contribution in [0.3, 0.4) is 0 Å². The molecule has 0 radical (unpaired) electrons. The van der Waals surface area contributed by atoms with E-state index < -0.39 is 17.5 Å². The fourth-order valence-electron chi connectivity index (χ4n) is 2.98. The molecule has 3 aromatic rings. The largest absolute Gasteiger partial charge is 0.491 e. The number of pyridine rings is 1. The summed E-state index contributed by atoms with van der Waals surface area (Å²) in [6.07, 6.45) is 1.50. The van der Waals surface area contributed by atoms with E-state index in [1.165, 1.54) is 18.3 Å². The highest BCUT2D eigenvalue weighted by Gasteiger charge is 2.10. The molecule has 0 saturated carbocycles. The van der Waals surface area contributed by atoms with Crippen LogP contribution < -0.4 is 21.1 Å². The number of nitrogens with two attached hydrogens (primary N) is 1. The Bertz CT molecular complexity index is 1040. The molecule has 9 heteroatoms. The van der Waals surface area contributed by atoms with Crippen LogP contribution in [0.2, 0.25) is 0 Å². The van der Waals surface area contributed by atoms with Crippen molar-refractivity contribution >= 4 is 23.1 Å². The van der Waals surface area contributed by atoms with E-state index in [1.54, 1.807) is 13.2 Å². The summed E-state index contributed by atoms with van der Waals surface area (Å²) in [5.41, 5.74) is 7.67. The number of carbonyl (C=O) groups is 1. The molecule has 3 rings (SSSR count). The second-order valence-electron chi connectivity index (χ2n) is 6.99. The molecule has 0 aliphatic carbocycles. The van der Waals surface area contributed by atoms with Crippen LogP contribution in [0.25, 0.3) is 0 Å². The second kappa shape index (κ2) is 11.1. The van der Waals surface area contributed by atoms with Gasteiger partial charge in [0.15, 0.2) is 0 Å². The number of benzene rings is 2. The Morgan fingerprint density at radius 1 is 1.06 bits per heavy atom. The average molecular weight is 442 g/mol. The molecule has 0 spiro atoms. The summed E-state index contributed by atoms with van der Waals surface area (Å²) in [6, 6.07) is 12.3. The Balaban J connectivity index is 1.73. The molecule has 1 heterocycles. The SMILES string of the molecule is COCCOc1ccc(Nc2cc(NCc3cc(F)cc(F)c3)c(CC(N)=O)cn2)cc1. The zero-order chi connectivity index (χ0) is 22.9. The molecule has 32 heavy (non-hydrogen) atoms. The monoisotopic (exact) mass is 442 g/mol. The predicted molar refractivity (Wildman–Crippen MR) is 118 cm³/mol. The summed E-state index contributed by atoms with van der Waals surface area (Å²) in [4.78, 5) is 15.7. The highest BCUT2D eigenvalue weighted by molar-refractivity contribution is 5.79. The quantitative estimate of drug-likeness (QED) is 0.391. The van der Waals surface area contributed by atoms with Gasteiger partial charge in [0.2, 0.25) is 5.91 Å². The number of hydrogen-bond donors (Lipinski definition) is 3. The maximum atomic E-state index is 13.5. The topological polar surface area (TPSA) is 98.5 Å². The van der Waals surface area contributed by atoms with Gasteiger partial charge in [0.1, 0.15) is 29.8 Å². The first-order valence-electron chi connectivity index (χ1n) is 9.88. The third kappa shape index (κ3) is 6.92. The van der Waals surface area contributed by atoms with Crippen molar-refractivity contribution < 1.29 is 23.0 Å². The number of primary amides is 1. The van der Waals surface area contributed by atoms with E-state index in [0.717, 1.165) is 11.8 Å². The van der Waals surface area contributed by atoms with Crippen molar-refractivity contribution in [2.45, 2.75) is 13.0 Å². The summed E-state index contributed by atoms with van der Waals surface area (Å²) in [5.74, 6) is -0.616. The minimum Gasteiger partial charge on any atom is -0.491 e. The molecule has 4 N–H and O–H groups in total. The summed E-state index contributed by atoms with van der Waals surface area (Å²) in [7, 11) is 1.61. The first-order valence-corrected chi connectivity index (χ1v) is 9.88. The van der Waals surface area contributed by atoms with E-state index in [9.17, 15) is 13.6 Å². The highest BCUT2D eigenvalue weighted by Crippen LogP contribution is 2.24. The van der Waals surface area contributed by atoms with Gasteiger partial charge in [0.05, 0.1) is 13.0 Å². The number of amides is 1. The summed E-state index contributed by atoms with van der Waals surface area (Å²) in [6.45, 7) is 1.10. The lowest BCUT2D eigenvalue weighted by Gasteiger charge is -2.14. The van der Waals surface area contributed by atoms with Crippen LogP contribution in [-0.4, -0.2) is 31.2 Å². The van der Waals surface area contributed by atoms with Crippen LogP contribution in [0.1, 0.15) is 11.1 Å². The van der Waals surface area contributed by atoms with Gasteiger partial charge in [-0.25, -0.2) is 13.8 Å². The van der Waals surface area contributed by atoms with E-state index in [4.69, 9.17) is 15.2 Å². The summed E-state index contributed by atoms with van der Waals surface area (Å²) in [5, 5.41) is 6.27. The third-order valence-electron chi connectivity index (χ3n) is 4.44. The summed E-state index contributed by atoms with van der Waals surface area (Å²) < 4.78 is 37.4. The van der Waals surface area contributed by atoms with Gasteiger partial charge < -0.3 is 25.8 Å². The number of aromatic nitrogens is 1. The van der Waals surface area contributed by atoms with E-state index >= 15 is 0 Å². The minimum absolute atomic E-state index is 0.0271. The number of anilines is 3. The second-order valence-corrected chi connectivity index (χ2v) is 6.99. The van der Waals surface area contributed by atoms with Crippen molar-refractivity contribution in [1.82, 2.24) is 4.98 Å². The van der Waals surface area contributed by atoms with Gasteiger partial charge >= 0.3 is 0 Å². The Hall–Kier alpha value is -3.72. The number of hydrogen-bond acceptors (Lipinski definition) is 6. The van der Waals surface area contributed by atoms with E-state index in [-0.39, 0.29) is 13.0 Å². The number of nitrogens with zero attached hydrogens (tertiary/aromatic N) is 1. The molecule has 168 valence electrons. The molecular weight excluding hydrogens is 418 g/mol. The Kier molecular flexibility index (Phi) is 7.93. The molecule has 0 atom stereocenters. The van der Waals surface area contributed by atoms with Crippen LogP contribution in [0, 0.1) is 11.6 Å². The lowest BCUT2D eigenvalue weighted by atomic mass is 10.1. The number of halogens is 2. The molecule has 0 saturated heterocycles. The van der Waals surface area contributed by atoms with Crippen LogP contribution in [0.4, 0.5) is 26.0 Å². The number of rotatable bonds is 11. The highest BCUT2D eigenvalue weighted by atomic mass is 19.1. The fraction of sp³-hybridized carbons (Fsp3) is 0.217. The predicted octanol–water partition coefficient (Wildman–Crippen LogP) is 3.77. The third-order valence-corrected chi connectivity index (χ3v) is 4.44. The Labute approximate surface area is 184 Å². The maximum absolute atomic E-state index is 13.5. The van der Waals surface area contributed by atoms with Gasteiger partial charge in [0.25, 0.3) is 0 Å². The normalized spacial score (nSPS) is 10.6. The molecule has 7 nitrogen and oxygen atoms in total. The molecule has 1 aromatic heterocycles. The van der Waals surface area contributed by atoms with Crippen LogP contribution in [0.5, 0.6) is 5.75 Å².